The van der Waals surface area contributed by atoms with Crippen molar-refractivity contribution in [1.29, 1.82) is 0 Å². The molecule has 0 bridgehead atoms. The fourth-order valence-electron chi connectivity index (χ4n) is 1.34. The summed E-state index contributed by atoms with van der Waals surface area (Å²) in [6.07, 6.45) is 2.90. The van der Waals surface area contributed by atoms with Crippen LogP contribution in [-0.2, 0) is 6.42 Å². The van der Waals surface area contributed by atoms with Crippen LogP contribution in [0.4, 0.5) is 0 Å². The van der Waals surface area contributed by atoms with Gasteiger partial charge in [0.05, 0.1) is 0 Å². The first-order valence-corrected chi connectivity index (χ1v) is 5.40. The normalized spacial score (nSPS) is 14.7. The molecular weight excluding hydrogens is 168 g/mol. The summed E-state index contributed by atoms with van der Waals surface area (Å²) in [6.45, 7) is 4.00. The molecule has 12 heavy (non-hydrogen) atoms. The zero-order chi connectivity index (χ0) is 8.97. The quantitative estimate of drug-likeness (QED) is 0.601. The Morgan fingerprint density at radius 3 is 2.67 bits per heavy atom. The van der Waals surface area contributed by atoms with Crippen LogP contribution in [-0.4, -0.2) is 5.78 Å². The fraction of sp³-hybridized carbons (Fsp3) is 0.500. The molecule has 0 unspecified atom stereocenters. The van der Waals surface area contributed by atoms with Crippen LogP contribution in [0.25, 0.3) is 0 Å². The molecular formula is C10H14OS. The maximum atomic E-state index is 11.2. The molecule has 1 nitrogen and oxygen atoms in total. The van der Waals surface area contributed by atoms with Gasteiger partial charge in [-0.15, -0.1) is 0 Å². The van der Waals surface area contributed by atoms with Crippen LogP contribution in [0.1, 0.15) is 42.6 Å². The number of rotatable bonds is 0. The lowest BCUT2D eigenvalue weighted by molar-refractivity contribution is 0.0973. The van der Waals surface area contributed by atoms with Crippen molar-refractivity contribution in [2.75, 3.05) is 0 Å². The molecule has 0 N–H and O–H groups in total. The molecule has 1 aromatic heterocycles. The molecule has 1 heterocycles. The van der Waals surface area contributed by atoms with E-state index in [9.17, 15) is 4.79 Å². The van der Waals surface area contributed by atoms with E-state index in [4.69, 9.17) is 0 Å². The molecule has 0 radical (unpaired) electrons. The molecule has 0 fully saturated rings. The molecule has 1 aliphatic rings. The first-order chi connectivity index (χ1) is 5.88. The Morgan fingerprint density at radius 1 is 1.25 bits per heavy atom. The van der Waals surface area contributed by atoms with E-state index >= 15 is 0 Å². The van der Waals surface area contributed by atoms with Crippen molar-refractivity contribution in [3.8, 4) is 0 Å². The highest BCUT2D eigenvalue weighted by molar-refractivity contribution is 7.08. The number of carbonyl (C=O) groups is 1. The van der Waals surface area contributed by atoms with Crippen LogP contribution >= 0.6 is 11.3 Å². The second-order valence-corrected chi connectivity index (χ2v) is 3.33. The Labute approximate surface area is 77.4 Å². The largest absolute Gasteiger partial charge is 0.294 e. The van der Waals surface area contributed by atoms with Crippen molar-refractivity contribution < 1.29 is 4.79 Å². The van der Waals surface area contributed by atoms with Crippen molar-refractivity contribution in [2.45, 2.75) is 33.1 Å². The van der Waals surface area contributed by atoms with Gasteiger partial charge < -0.3 is 0 Å². The van der Waals surface area contributed by atoms with Gasteiger partial charge in [-0.2, -0.15) is 11.3 Å². The Kier molecular flexibility index (Phi) is 3.48. The molecule has 2 heteroatoms. The minimum atomic E-state index is 0.336. The molecule has 0 spiro atoms. The first-order valence-electron chi connectivity index (χ1n) is 4.46. The molecule has 1 aromatic rings. The van der Waals surface area contributed by atoms with Crippen molar-refractivity contribution in [3.05, 3.63) is 21.9 Å². The number of fused-ring (bicyclic) bond motifs is 1. The molecule has 1 aliphatic carbocycles. The van der Waals surface area contributed by atoms with Crippen LogP contribution in [0.2, 0.25) is 0 Å². The molecule has 0 saturated carbocycles. The van der Waals surface area contributed by atoms with E-state index in [1.807, 2.05) is 19.2 Å². The Hall–Kier alpha value is -0.630. The Bertz CT molecular complexity index is 263. The van der Waals surface area contributed by atoms with Crippen LogP contribution < -0.4 is 0 Å². The molecule has 0 aromatic carbocycles. The molecule has 66 valence electrons. The maximum absolute atomic E-state index is 11.2. The zero-order valence-corrected chi connectivity index (χ0v) is 8.41. The van der Waals surface area contributed by atoms with Crippen LogP contribution in [0.3, 0.4) is 0 Å². The van der Waals surface area contributed by atoms with Crippen molar-refractivity contribution in [2.24, 2.45) is 0 Å². The average Bonchev–Trinajstić information content (AvgIpc) is 2.57. The number of hydrogen-bond donors (Lipinski definition) is 0. The van der Waals surface area contributed by atoms with Crippen molar-refractivity contribution in [1.82, 2.24) is 0 Å². The second-order valence-electron chi connectivity index (χ2n) is 2.59. The summed E-state index contributed by atoms with van der Waals surface area (Å²) in [5.41, 5.74) is 2.25. The SMILES string of the molecule is CC.O=C1CCCc2cscc21. The predicted molar refractivity (Wildman–Crippen MR) is 52.9 cm³/mol. The van der Waals surface area contributed by atoms with E-state index in [-0.39, 0.29) is 0 Å². The van der Waals surface area contributed by atoms with Gasteiger partial charge in [-0.1, -0.05) is 13.8 Å². The van der Waals surface area contributed by atoms with Crippen LogP contribution in [0, 0.1) is 0 Å². The summed E-state index contributed by atoms with van der Waals surface area (Å²) < 4.78 is 0. The Balaban J connectivity index is 0.000000336. The maximum Gasteiger partial charge on any atom is 0.163 e. The lowest BCUT2D eigenvalue weighted by Crippen LogP contribution is -2.07. The summed E-state index contributed by atoms with van der Waals surface area (Å²) in [5, 5.41) is 4.06. The predicted octanol–water partition coefficient (Wildman–Crippen LogP) is 3.29. The summed E-state index contributed by atoms with van der Waals surface area (Å²) in [4.78, 5) is 11.2. The Morgan fingerprint density at radius 2 is 2.00 bits per heavy atom. The number of carbonyl (C=O) groups excluding carboxylic acids is 1. The van der Waals surface area contributed by atoms with Crippen LogP contribution in [0.5, 0.6) is 0 Å². The lowest BCUT2D eigenvalue weighted by atomic mass is 9.95. The van der Waals surface area contributed by atoms with E-state index in [0.29, 0.717) is 5.78 Å². The highest BCUT2D eigenvalue weighted by Gasteiger charge is 2.16. The number of ketones is 1. The van der Waals surface area contributed by atoms with E-state index in [1.54, 1.807) is 11.3 Å². The molecule has 0 aliphatic heterocycles. The van der Waals surface area contributed by atoms with Gasteiger partial charge in [-0.25, -0.2) is 0 Å². The van der Waals surface area contributed by atoms with Gasteiger partial charge in [-0.05, 0) is 23.8 Å². The zero-order valence-electron chi connectivity index (χ0n) is 7.59. The number of hydrogen-bond acceptors (Lipinski definition) is 2. The molecule has 0 atom stereocenters. The summed E-state index contributed by atoms with van der Waals surface area (Å²) >= 11 is 1.64. The van der Waals surface area contributed by atoms with Gasteiger partial charge in [0.2, 0.25) is 0 Å². The highest BCUT2D eigenvalue weighted by atomic mass is 32.1. The smallest absolute Gasteiger partial charge is 0.163 e. The van der Waals surface area contributed by atoms with Gasteiger partial charge in [0.25, 0.3) is 0 Å². The third-order valence-corrected chi connectivity index (χ3v) is 2.68. The minimum Gasteiger partial charge on any atom is -0.294 e. The molecule has 2 rings (SSSR count). The van der Waals surface area contributed by atoms with E-state index < -0.39 is 0 Å². The highest BCUT2D eigenvalue weighted by Crippen LogP contribution is 2.23. The van der Waals surface area contributed by atoms with Crippen LogP contribution in [0.15, 0.2) is 10.8 Å². The minimum absolute atomic E-state index is 0.336. The monoisotopic (exact) mass is 182 g/mol. The third kappa shape index (κ3) is 1.75. The van der Waals surface area contributed by atoms with Crippen molar-refractivity contribution in [3.63, 3.8) is 0 Å². The summed E-state index contributed by atoms with van der Waals surface area (Å²) in [6, 6.07) is 0. The van der Waals surface area contributed by atoms with Crippen molar-refractivity contribution >= 4 is 17.1 Å². The number of aryl methyl sites for hydroxylation is 1. The molecule has 0 amide bonds. The standard InChI is InChI=1S/C8H8OS.C2H6/c9-8-3-1-2-6-4-10-5-7(6)8;1-2/h4-5H,1-3H2;1-2H3. The summed E-state index contributed by atoms with van der Waals surface area (Å²) in [5.74, 6) is 0.336. The first kappa shape index (κ1) is 9.46. The van der Waals surface area contributed by atoms with E-state index in [2.05, 4.69) is 5.38 Å². The topological polar surface area (TPSA) is 17.1 Å². The number of Topliss-reactive ketones (excluding diaryl/α,β-unsaturated/α-hetero) is 1. The van der Waals surface area contributed by atoms with Gasteiger partial charge in [0.1, 0.15) is 0 Å². The van der Waals surface area contributed by atoms with Gasteiger partial charge in [-0.3, -0.25) is 4.79 Å². The van der Waals surface area contributed by atoms with E-state index in [0.717, 1.165) is 24.8 Å². The lowest BCUT2D eigenvalue weighted by Gasteiger charge is -2.08. The van der Waals surface area contributed by atoms with Gasteiger partial charge in [0, 0.05) is 17.4 Å². The number of thiophene rings is 1. The molecule has 0 saturated heterocycles. The summed E-state index contributed by atoms with van der Waals surface area (Å²) in [7, 11) is 0. The third-order valence-electron chi connectivity index (χ3n) is 1.89. The van der Waals surface area contributed by atoms with Gasteiger partial charge in [0.15, 0.2) is 5.78 Å². The fourth-order valence-corrected chi connectivity index (χ4v) is 2.23. The van der Waals surface area contributed by atoms with Gasteiger partial charge >= 0.3 is 0 Å². The average molecular weight is 182 g/mol. The van der Waals surface area contributed by atoms with E-state index in [1.165, 1.54) is 5.56 Å². The second kappa shape index (κ2) is 4.41.